The first-order valence-electron chi connectivity index (χ1n) is 8.21. The number of anilines is 2. The topological polar surface area (TPSA) is 144 Å². The van der Waals surface area contributed by atoms with Gasteiger partial charge in [0.2, 0.25) is 0 Å². The molecule has 1 atom stereocenters. The van der Waals surface area contributed by atoms with E-state index >= 15 is 0 Å². The zero-order valence-corrected chi connectivity index (χ0v) is 13.8. The van der Waals surface area contributed by atoms with Crippen LogP contribution in [0.1, 0.15) is 29.0 Å². The van der Waals surface area contributed by atoms with Gasteiger partial charge in [0.15, 0.2) is 11.6 Å². The smallest absolute Gasteiger partial charge is 0.345 e. The number of aromatic amines is 1. The fourth-order valence-electron chi connectivity index (χ4n) is 3.11. The van der Waals surface area contributed by atoms with Crippen LogP contribution in [0.5, 0.6) is 0 Å². The number of H-pyrrole nitrogens is 1. The number of nitrogens with two attached hydrogens (primary N) is 2. The first-order chi connectivity index (χ1) is 12.1. The van der Waals surface area contributed by atoms with Crippen LogP contribution in [0.4, 0.5) is 11.5 Å². The van der Waals surface area contributed by atoms with Crippen molar-refractivity contribution in [1.29, 1.82) is 0 Å². The van der Waals surface area contributed by atoms with Gasteiger partial charge < -0.3 is 21.4 Å². The quantitative estimate of drug-likeness (QED) is 0.630. The van der Waals surface area contributed by atoms with Crippen LogP contribution in [0.15, 0.2) is 23.4 Å². The maximum absolute atomic E-state index is 12.5. The van der Waals surface area contributed by atoms with Crippen LogP contribution in [-0.2, 0) is 6.42 Å². The second kappa shape index (κ2) is 7.39. The summed E-state index contributed by atoms with van der Waals surface area (Å²) in [5.41, 5.74) is 12.4. The molecule has 3 rings (SSSR count). The van der Waals surface area contributed by atoms with Gasteiger partial charge in [-0.3, -0.25) is 4.79 Å². The SMILES string of the molecule is NCC1CCCN(c2cnc(=O)[nH]c2CC(=O)c2nccnc2N)C1. The fourth-order valence-corrected chi connectivity index (χ4v) is 3.11. The molecule has 1 unspecified atom stereocenters. The lowest BCUT2D eigenvalue weighted by molar-refractivity contribution is 0.0988. The molecule has 0 radical (unpaired) electrons. The minimum atomic E-state index is -0.494. The number of carbonyl (C=O) groups is 1. The monoisotopic (exact) mass is 343 g/mol. The molecule has 1 aliphatic rings. The Bertz CT molecular complexity index is 820. The van der Waals surface area contributed by atoms with Crippen LogP contribution >= 0.6 is 0 Å². The molecule has 9 nitrogen and oxygen atoms in total. The Labute approximate surface area is 144 Å². The predicted octanol–water partition coefficient (Wildman–Crippen LogP) is -0.257. The molecule has 9 heteroatoms. The number of rotatable bonds is 5. The van der Waals surface area contributed by atoms with Crippen molar-refractivity contribution in [1.82, 2.24) is 19.9 Å². The number of carbonyl (C=O) groups excluding carboxylic acids is 1. The minimum absolute atomic E-state index is 0.0280. The summed E-state index contributed by atoms with van der Waals surface area (Å²) in [7, 11) is 0. The number of piperidine rings is 1. The van der Waals surface area contributed by atoms with Crippen LogP contribution in [-0.4, -0.2) is 45.4 Å². The van der Waals surface area contributed by atoms with Gasteiger partial charge in [0.05, 0.1) is 24.0 Å². The highest BCUT2D eigenvalue weighted by molar-refractivity contribution is 5.99. The van der Waals surface area contributed by atoms with Crippen molar-refractivity contribution in [2.75, 3.05) is 30.3 Å². The molecule has 1 saturated heterocycles. The van der Waals surface area contributed by atoms with E-state index in [1.165, 1.54) is 18.6 Å². The van der Waals surface area contributed by atoms with E-state index in [1.807, 2.05) is 0 Å². The summed E-state index contributed by atoms with van der Waals surface area (Å²) >= 11 is 0. The van der Waals surface area contributed by atoms with Gasteiger partial charge in [-0.15, -0.1) is 0 Å². The van der Waals surface area contributed by atoms with E-state index in [0.29, 0.717) is 18.2 Å². The van der Waals surface area contributed by atoms with Gasteiger partial charge in [-0.25, -0.2) is 14.8 Å². The van der Waals surface area contributed by atoms with E-state index in [4.69, 9.17) is 11.5 Å². The number of ketones is 1. The zero-order valence-electron chi connectivity index (χ0n) is 13.8. The Balaban J connectivity index is 1.88. The average molecular weight is 343 g/mol. The Morgan fingerprint density at radius 2 is 2.12 bits per heavy atom. The number of aromatic nitrogens is 4. The standard InChI is InChI=1S/C16H21N7O2/c17-7-10-2-1-5-23(9-10)12-8-21-16(25)22-11(12)6-13(24)14-15(18)20-4-3-19-14/h3-4,8,10H,1-2,5-7,9,17H2,(H2,18,20)(H,21,22,25). The molecule has 2 aromatic rings. The summed E-state index contributed by atoms with van der Waals surface area (Å²) in [6.45, 7) is 2.22. The van der Waals surface area contributed by atoms with Gasteiger partial charge in [0.1, 0.15) is 5.69 Å². The van der Waals surface area contributed by atoms with E-state index in [9.17, 15) is 9.59 Å². The van der Waals surface area contributed by atoms with Gasteiger partial charge >= 0.3 is 5.69 Å². The first-order valence-corrected chi connectivity index (χ1v) is 8.21. The molecule has 5 N–H and O–H groups in total. The molecule has 3 heterocycles. The normalized spacial score (nSPS) is 17.5. The molecule has 25 heavy (non-hydrogen) atoms. The molecular weight excluding hydrogens is 322 g/mol. The molecule has 132 valence electrons. The lowest BCUT2D eigenvalue weighted by Crippen LogP contribution is -2.39. The molecule has 0 aromatic carbocycles. The number of nitrogen functional groups attached to an aromatic ring is 1. The van der Waals surface area contributed by atoms with Crippen LogP contribution in [0.25, 0.3) is 0 Å². The number of Topliss-reactive ketones (excluding diaryl/α,β-unsaturated/α-hetero) is 1. The van der Waals surface area contributed by atoms with Crippen molar-refractivity contribution in [3.05, 3.63) is 40.5 Å². The second-order valence-electron chi connectivity index (χ2n) is 6.13. The largest absolute Gasteiger partial charge is 0.382 e. The van der Waals surface area contributed by atoms with Crippen LogP contribution in [0.2, 0.25) is 0 Å². The number of hydrogen-bond acceptors (Lipinski definition) is 8. The average Bonchev–Trinajstić information content (AvgIpc) is 2.62. The molecule has 2 aromatic heterocycles. The third-order valence-electron chi connectivity index (χ3n) is 4.39. The van der Waals surface area contributed by atoms with Crippen molar-refractivity contribution in [3.63, 3.8) is 0 Å². The molecule has 0 spiro atoms. The van der Waals surface area contributed by atoms with Crippen molar-refractivity contribution in [3.8, 4) is 0 Å². The third kappa shape index (κ3) is 3.82. The highest BCUT2D eigenvalue weighted by atomic mass is 16.1. The number of hydrogen-bond donors (Lipinski definition) is 3. The van der Waals surface area contributed by atoms with Crippen LogP contribution in [0, 0.1) is 5.92 Å². The van der Waals surface area contributed by atoms with Gasteiger partial charge in [0, 0.05) is 25.5 Å². The minimum Gasteiger partial charge on any atom is -0.382 e. The summed E-state index contributed by atoms with van der Waals surface area (Å²) in [6, 6.07) is 0. The molecule has 1 aliphatic heterocycles. The second-order valence-corrected chi connectivity index (χ2v) is 6.13. The van der Waals surface area contributed by atoms with Crippen molar-refractivity contribution in [2.24, 2.45) is 11.7 Å². The lowest BCUT2D eigenvalue weighted by atomic mass is 9.97. The Hall–Kier alpha value is -2.81. The van der Waals surface area contributed by atoms with E-state index in [0.717, 1.165) is 31.6 Å². The molecular formula is C16H21N7O2. The highest BCUT2D eigenvalue weighted by Crippen LogP contribution is 2.25. The van der Waals surface area contributed by atoms with Crippen LogP contribution in [0.3, 0.4) is 0 Å². The van der Waals surface area contributed by atoms with E-state index in [2.05, 4.69) is 24.8 Å². The van der Waals surface area contributed by atoms with Gasteiger partial charge in [-0.2, -0.15) is 4.98 Å². The van der Waals surface area contributed by atoms with Gasteiger partial charge in [-0.1, -0.05) is 0 Å². The lowest BCUT2D eigenvalue weighted by Gasteiger charge is -2.34. The molecule has 1 fully saturated rings. The van der Waals surface area contributed by atoms with Crippen LogP contribution < -0.4 is 22.1 Å². The van der Waals surface area contributed by atoms with Crippen molar-refractivity contribution in [2.45, 2.75) is 19.3 Å². The summed E-state index contributed by atoms with van der Waals surface area (Å²) in [4.78, 5) is 40.7. The summed E-state index contributed by atoms with van der Waals surface area (Å²) in [5.74, 6) is 0.160. The Morgan fingerprint density at radius 1 is 1.32 bits per heavy atom. The number of nitrogens with one attached hydrogen (secondary N) is 1. The molecule has 0 amide bonds. The molecule has 0 aliphatic carbocycles. The van der Waals surface area contributed by atoms with Gasteiger partial charge in [0.25, 0.3) is 0 Å². The zero-order chi connectivity index (χ0) is 17.8. The Morgan fingerprint density at radius 3 is 2.88 bits per heavy atom. The maximum Gasteiger partial charge on any atom is 0.345 e. The molecule has 0 saturated carbocycles. The van der Waals surface area contributed by atoms with E-state index < -0.39 is 5.69 Å². The van der Waals surface area contributed by atoms with E-state index in [-0.39, 0.29) is 23.7 Å². The van der Waals surface area contributed by atoms with Gasteiger partial charge in [-0.05, 0) is 25.3 Å². The van der Waals surface area contributed by atoms with E-state index in [1.54, 1.807) is 0 Å². The third-order valence-corrected chi connectivity index (χ3v) is 4.39. The summed E-state index contributed by atoms with van der Waals surface area (Å²) in [5, 5.41) is 0. The first kappa shape index (κ1) is 17.0. The maximum atomic E-state index is 12.5. The summed E-state index contributed by atoms with van der Waals surface area (Å²) < 4.78 is 0. The highest BCUT2D eigenvalue weighted by Gasteiger charge is 2.23. The Kier molecular flexibility index (Phi) is 5.03. The van der Waals surface area contributed by atoms with Crippen molar-refractivity contribution < 1.29 is 4.79 Å². The number of nitrogens with zero attached hydrogens (tertiary/aromatic N) is 4. The summed E-state index contributed by atoms with van der Waals surface area (Å²) in [6.07, 6.45) is 6.41. The van der Waals surface area contributed by atoms with Crippen molar-refractivity contribution >= 4 is 17.3 Å². The predicted molar refractivity (Wildman–Crippen MR) is 93.3 cm³/mol. The fraction of sp³-hybridized carbons (Fsp3) is 0.438. The molecule has 0 bridgehead atoms.